The molecular formula is C11H16O3S. The van der Waals surface area contributed by atoms with E-state index in [0.717, 1.165) is 0 Å². The van der Waals surface area contributed by atoms with Gasteiger partial charge in [-0.3, -0.25) is 0 Å². The van der Waals surface area contributed by atoms with Gasteiger partial charge in [0.2, 0.25) is 0 Å². The molecule has 0 bridgehead atoms. The van der Waals surface area contributed by atoms with Gasteiger partial charge in [-0.05, 0) is 25.5 Å². The summed E-state index contributed by atoms with van der Waals surface area (Å²) in [6.45, 7) is 3.27. The Hall–Kier alpha value is -0.870. The smallest absolute Gasteiger partial charge is 0.183 e. The number of benzene rings is 1. The maximum Gasteiger partial charge on any atom is 0.183 e. The molecule has 1 N–H and O–H groups in total. The largest absolute Gasteiger partial charge is 0.392 e. The van der Waals surface area contributed by atoms with Crippen LogP contribution in [-0.2, 0) is 9.84 Å². The highest BCUT2D eigenvalue weighted by molar-refractivity contribution is 7.92. The topological polar surface area (TPSA) is 54.4 Å². The van der Waals surface area contributed by atoms with Crippen molar-refractivity contribution in [1.29, 1.82) is 0 Å². The SMILES string of the molecule is CC[C@@H]([C@H](C)O)S(=O)(=O)c1ccccc1. The number of rotatable bonds is 4. The van der Waals surface area contributed by atoms with E-state index in [0.29, 0.717) is 6.42 Å². The van der Waals surface area contributed by atoms with Crippen molar-refractivity contribution in [2.24, 2.45) is 0 Å². The predicted octanol–water partition coefficient (Wildman–Crippen LogP) is 1.62. The van der Waals surface area contributed by atoms with Crippen LogP contribution in [0.25, 0.3) is 0 Å². The molecule has 0 heterocycles. The molecule has 0 fully saturated rings. The Kier molecular flexibility index (Phi) is 3.88. The first-order chi connectivity index (χ1) is 7.00. The second-order valence-corrected chi connectivity index (χ2v) is 5.71. The fourth-order valence-electron chi connectivity index (χ4n) is 1.60. The normalized spacial score (nSPS) is 15.9. The number of hydrogen-bond acceptors (Lipinski definition) is 3. The first kappa shape index (κ1) is 12.2. The van der Waals surface area contributed by atoms with E-state index in [1.54, 1.807) is 37.3 Å². The van der Waals surface area contributed by atoms with Crippen molar-refractivity contribution in [2.75, 3.05) is 0 Å². The van der Waals surface area contributed by atoms with Gasteiger partial charge in [0.1, 0.15) is 0 Å². The van der Waals surface area contributed by atoms with Gasteiger partial charge >= 0.3 is 0 Å². The zero-order chi connectivity index (χ0) is 11.5. The highest BCUT2D eigenvalue weighted by atomic mass is 32.2. The summed E-state index contributed by atoms with van der Waals surface area (Å²) in [5, 5.41) is 8.71. The average Bonchev–Trinajstić information content (AvgIpc) is 2.19. The third-order valence-electron chi connectivity index (χ3n) is 2.41. The zero-order valence-electron chi connectivity index (χ0n) is 8.92. The lowest BCUT2D eigenvalue weighted by Crippen LogP contribution is -2.31. The fraction of sp³-hybridized carbons (Fsp3) is 0.455. The van der Waals surface area contributed by atoms with Crippen LogP contribution in [0.1, 0.15) is 20.3 Å². The third kappa shape index (κ3) is 2.58. The minimum absolute atomic E-state index is 0.276. The lowest BCUT2D eigenvalue weighted by atomic mass is 10.2. The van der Waals surface area contributed by atoms with Crippen LogP contribution < -0.4 is 0 Å². The maximum atomic E-state index is 12.0. The van der Waals surface area contributed by atoms with Crippen LogP contribution in [0, 0.1) is 0 Å². The van der Waals surface area contributed by atoms with Gasteiger partial charge < -0.3 is 5.11 Å². The van der Waals surface area contributed by atoms with Crippen molar-refractivity contribution in [3.05, 3.63) is 30.3 Å². The summed E-state index contributed by atoms with van der Waals surface area (Å²) in [5.74, 6) is 0. The third-order valence-corrected chi connectivity index (χ3v) is 4.86. The minimum Gasteiger partial charge on any atom is -0.392 e. The van der Waals surface area contributed by atoms with E-state index >= 15 is 0 Å². The first-order valence-corrected chi connectivity index (χ1v) is 6.51. The Morgan fingerprint density at radius 3 is 2.20 bits per heavy atom. The van der Waals surface area contributed by atoms with Crippen molar-refractivity contribution >= 4 is 9.84 Å². The summed E-state index contributed by atoms with van der Waals surface area (Å²) < 4.78 is 24.1. The number of hydrogen-bond donors (Lipinski definition) is 1. The van der Waals surface area contributed by atoms with Crippen LogP contribution in [0.5, 0.6) is 0 Å². The summed E-state index contributed by atoms with van der Waals surface area (Å²) in [7, 11) is -3.40. The molecule has 0 radical (unpaired) electrons. The molecule has 1 aromatic carbocycles. The average molecular weight is 228 g/mol. The van der Waals surface area contributed by atoms with Crippen LogP contribution in [0.15, 0.2) is 35.2 Å². The monoisotopic (exact) mass is 228 g/mol. The summed E-state index contributed by atoms with van der Waals surface area (Å²) in [5.41, 5.74) is 0. The number of aliphatic hydroxyl groups is 1. The summed E-state index contributed by atoms with van der Waals surface area (Å²) in [6, 6.07) is 8.24. The van der Waals surface area contributed by atoms with Crippen LogP contribution in [-0.4, -0.2) is 24.9 Å². The molecule has 0 aliphatic carbocycles. The second-order valence-electron chi connectivity index (χ2n) is 3.55. The van der Waals surface area contributed by atoms with Crippen molar-refractivity contribution in [3.63, 3.8) is 0 Å². The van der Waals surface area contributed by atoms with E-state index in [2.05, 4.69) is 0 Å². The highest BCUT2D eigenvalue weighted by Crippen LogP contribution is 2.20. The first-order valence-electron chi connectivity index (χ1n) is 4.97. The predicted molar refractivity (Wildman–Crippen MR) is 59.4 cm³/mol. The molecule has 0 amide bonds. The molecule has 0 aliphatic heterocycles. The van der Waals surface area contributed by atoms with E-state index < -0.39 is 21.2 Å². The second kappa shape index (κ2) is 4.77. The quantitative estimate of drug-likeness (QED) is 0.852. The van der Waals surface area contributed by atoms with E-state index in [-0.39, 0.29) is 4.90 Å². The Morgan fingerprint density at radius 2 is 1.80 bits per heavy atom. The molecule has 3 nitrogen and oxygen atoms in total. The molecule has 0 aliphatic rings. The molecule has 1 aromatic rings. The number of aliphatic hydroxyl groups excluding tert-OH is 1. The minimum atomic E-state index is -3.40. The van der Waals surface area contributed by atoms with Crippen molar-refractivity contribution in [2.45, 2.75) is 36.5 Å². The Morgan fingerprint density at radius 1 is 1.27 bits per heavy atom. The highest BCUT2D eigenvalue weighted by Gasteiger charge is 2.29. The van der Waals surface area contributed by atoms with E-state index in [9.17, 15) is 13.5 Å². The zero-order valence-corrected chi connectivity index (χ0v) is 9.74. The summed E-state index contributed by atoms with van der Waals surface area (Å²) in [6.07, 6.45) is -0.435. The summed E-state index contributed by atoms with van der Waals surface area (Å²) >= 11 is 0. The van der Waals surface area contributed by atoms with Crippen LogP contribution in [0.2, 0.25) is 0 Å². The molecular weight excluding hydrogens is 212 g/mol. The molecule has 84 valence electrons. The van der Waals surface area contributed by atoms with Crippen LogP contribution in [0.4, 0.5) is 0 Å². The van der Waals surface area contributed by atoms with Gasteiger partial charge in [0.05, 0.1) is 16.2 Å². The Bertz CT molecular complexity index is 395. The molecule has 0 aromatic heterocycles. The van der Waals surface area contributed by atoms with Gasteiger partial charge in [-0.15, -0.1) is 0 Å². The molecule has 0 saturated carbocycles. The van der Waals surface area contributed by atoms with Crippen LogP contribution in [0.3, 0.4) is 0 Å². The van der Waals surface area contributed by atoms with Gasteiger partial charge in [0.15, 0.2) is 9.84 Å². The molecule has 1 rings (SSSR count). The van der Waals surface area contributed by atoms with Gasteiger partial charge in [0, 0.05) is 0 Å². The molecule has 4 heteroatoms. The van der Waals surface area contributed by atoms with Gasteiger partial charge in [-0.25, -0.2) is 8.42 Å². The molecule has 0 unspecified atom stereocenters. The summed E-state index contributed by atoms with van der Waals surface area (Å²) in [4.78, 5) is 0.276. The molecule has 0 spiro atoms. The fourth-order valence-corrected chi connectivity index (χ4v) is 3.45. The van der Waals surface area contributed by atoms with Crippen molar-refractivity contribution in [3.8, 4) is 0 Å². The Balaban J connectivity index is 3.13. The lowest BCUT2D eigenvalue weighted by Gasteiger charge is -2.18. The lowest BCUT2D eigenvalue weighted by molar-refractivity contribution is 0.186. The van der Waals surface area contributed by atoms with Gasteiger partial charge in [-0.1, -0.05) is 25.1 Å². The maximum absolute atomic E-state index is 12.0. The van der Waals surface area contributed by atoms with E-state index in [1.165, 1.54) is 6.92 Å². The Labute approximate surface area is 90.7 Å². The number of sulfone groups is 1. The molecule has 2 atom stereocenters. The molecule has 15 heavy (non-hydrogen) atoms. The molecule has 0 saturated heterocycles. The van der Waals surface area contributed by atoms with E-state index in [4.69, 9.17) is 0 Å². The standard InChI is InChI=1S/C11H16O3S/c1-3-11(9(2)12)15(13,14)10-7-5-4-6-8-10/h4-9,11-12H,3H2,1-2H3/t9-,11-/m0/s1. The van der Waals surface area contributed by atoms with Gasteiger partial charge in [0.25, 0.3) is 0 Å². The van der Waals surface area contributed by atoms with Gasteiger partial charge in [-0.2, -0.15) is 0 Å². The van der Waals surface area contributed by atoms with E-state index in [1.807, 2.05) is 0 Å². The van der Waals surface area contributed by atoms with Crippen molar-refractivity contribution in [1.82, 2.24) is 0 Å². The van der Waals surface area contributed by atoms with Crippen LogP contribution >= 0.6 is 0 Å². The van der Waals surface area contributed by atoms with Crippen molar-refractivity contribution < 1.29 is 13.5 Å².